The summed E-state index contributed by atoms with van der Waals surface area (Å²) in [7, 11) is 0. The van der Waals surface area contributed by atoms with E-state index in [1.54, 1.807) is 22.9 Å². The fourth-order valence-electron chi connectivity index (χ4n) is 1.63. The second kappa shape index (κ2) is 5.83. The summed E-state index contributed by atoms with van der Waals surface area (Å²) >= 11 is 1.22. The number of hydrogen-bond acceptors (Lipinski definition) is 5. The van der Waals surface area contributed by atoms with Crippen molar-refractivity contribution < 1.29 is 4.79 Å². The Morgan fingerprint density at radius 2 is 2.32 bits per heavy atom. The molecule has 0 unspecified atom stereocenters. The summed E-state index contributed by atoms with van der Waals surface area (Å²) in [6, 6.07) is 3.43. The topological polar surface area (TPSA) is 80.6 Å². The van der Waals surface area contributed by atoms with Crippen molar-refractivity contribution in [3.63, 3.8) is 0 Å². The molecular formula is C12H14N4O2S. The first-order valence-corrected chi connectivity index (χ1v) is 6.74. The van der Waals surface area contributed by atoms with Gasteiger partial charge in [-0.3, -0.25) is 9.36 Å². The maximum Gasteiger partial charge on any atom is 0.343 e. The van der Waals surface area contributed by atoms with Crippen molar-refractivity contribution in [1.29, 1.82) is 0 Å². The Hall–Kier alpha value is -1.89. The van der Waals surface area contributed by atoms with Gasteiger partial charge in [0.15, 0.2) is 10.9 Å². The number of carbonyl (C=O) groups excluding carboxylic acids is 1. The number of ketones is 1. The third kappa shape index (κ3) is 2.93. The molecule has 0 aromatic carbocycles. The first kappa shape index (κ1) is 13.5. The highest BCUT2D eigenvalue weighted by molar-refractivity contribution is 7.99. The van der Waals surface area contributed by atoms with Gasteiger partial charge in [0.05, 0.1) is 0 Å². The molecule has 7 heteroatoms. The van der Waals surface area contributed by atoms with Crippen LogP contribution in [0.15, 0.2) is 33.3 Å². The van der Waals surface area contributed by atoms with Crippen molar-refractivity contribution in [2.24, 2.45) is 0 Å². The lowest BCUT2D eigenvalue weighted by molar-refractivity contribution is 0.101. The predicted octanol–water partition coefficient (Wildman–Crippen LogP) is 1.73. The lowest BCUT2D eigenvalue weighted by Crippen LogP contribution is -2.17. The standard InChI is InChI=1S/C12H14N4O2S/c1-3-7-16-11(18)14-15-12(16)19-10-9(8(2)17)5-4-6-13-10/h4-6H,3,7H2,1-2H3,(H,14,18). The fraction of sp³-hybridized carbons (Fsp3) is 0.333. The van der Waals surface area contributed by atoms with Gasteiger partial charge in [-0.05, 0) is 37.2 Å². The van der Waals surface area contributed by atoms with Gasteiger partial charge in [0.25, 0.3) is 0 Å². The Morgan fingerprint density at radius 1 is 1.53 bits per heavy atom. The number of pyridine rings is 1. The van der Waals surface area contributed by atoms with Gasteiger partial charge in [0.2, 0.25) is 0 Å². The van der Waals surface area contributed by atoms with Gasteiger partial charge in [0.1, 0.15) is 5.03 Å². The van der Waals surface area contributed by atoms with E-state index in [4.69, 9.17) is 0 Å². The number of nitrogens with zero attached hydrogens (tertiary/aromatic N) is 3. The lowest BCUT2D eigenvalue weighted by atomic mass is 10.2. The van der Waals surface area contributed by atoms with E-state index >= 15 is 0 Å². The average molecular weight is 278 g/mol. The molecular weight excluding hydrogens is 264 g/mol. The second-order valence-corrected chi connectivity index (χ2v) is 4.93. The minimum absolute atomic E-state index is 0.0597. The molecule has 0 aliphatic carbocycles. The Labute approximate surface area is 114 Å². The van der Waals surface area contributed by atoms with Crippen molar-refractivity contribution in [3.8, 4) is 0 Å². The zero-order chi connectivity index (χ0) is 13.8. The largest absolute Gasteiger partial charge is 0.343 e. The van der Waals surface area contributed by atoms with Gasteiger partial charge in [-0.1, -0.05) is 6.92 Å². The Bertz CT molecular complexity index is 647. The summed E-state index contributed by atoms with van der Waals surface area (Å²) in [6.07, 6.45) is 2.44. The van der Waals surface area contributed by atoms with Crippen LogP contribution >= 0.6 is 11.8 Å². The van der Waals surface area contributed by atoms with Crippen LogP contribution in [0.2, 0.25) is 0 Å². The van der Waals surface area contributed by atoms with Gasteiger partial charge in [-0.25, -0.2) is 14.9 Å². The second-order valence-electron chi connectivity index (χ2n) is 3.98. The molecule has 0 aliphatic heterocycles. The Balaban J connectivity index is 2.37. The molecule has 2 rings (SSSR count). The molecule has 0 atom stereocenters. The number of rotatable bonds is 5. The maximum absolute atomic E-state index is 11.6. The summed E-state index contributed by atoms with van der Waals surface area (Å²) in [4.78, 5) is 27.3. The normalized spacial score (nSPS) is 10.6. The van der Waals surface area contributed by atoms with E-state index in [2.05, 4.69) is 15.2 Å². The van der Waals surface area contributed by atoms with Crippen molar-refractivity contribution in [3.05, 3.63) is 34.4 Å². The number of aromatic nitrogens is 4. The van der Waals surface area contributed by atoms with Gasteiger partial charge in [0, 0.05) is 18.3 Å². The Morgan fingerprint density at radius 3 is 3.00 bits per heavy atom. The number of nitrogens with one attached hydrogen (secondary N) is 1. The smallest absolute Gasteiger partial charge is 0.294 e. The SMILES string of the molecule is CCCn1c(Sc2ncccc2C(C)=O)n[nH]c1=O. The quantitative estimate of drug-likeness (QED) is 0.842. The third-order valence-electron chi connectivity index (χ3n) is 2.51. The van der Waals surface area contributed by atoms with Crippen molar-refractivity contribution >= 4 is 17.5 Å². The van der Waals surface area contributed by atoms with Crippen LogP contribution in [0.3, 0.4) is 0 Å². The first-order chi connectivity index (χ1) is 9.13. The first-order valence-electron chi connectivity index (χ1n) is 5.92. The average Bonchev–Trinajstić information content (AvgIpc) is 2.72. The van der Waals surface area contributed by atoms with Crippen LogP contribution < -0.4 is 5.69 Å². The minimum atomic E-state index is -0.246. The molecule has 0 spiro atoms. The lowest BCUT2D eigenvalue weighted by Gasteiger charge is -2.05. The number of aromatic amines is 1. The molecule has 0 bridgehead atoms. The van der Waals surface area contributed by atoms with Crippen LogP contribution in [0.25, 0.3) is 0 Å². The van der Waals surface area contributed by atoms with E-state index < -0.39 is 0 Å². The molecule has 2 aromatic heterocycles. The highest BCUT2D eigenvalue weighted by Crippen LogP contribution is 2.26. The number of H-pyrrole nitrogens is 1. The molecule has 0 radical (unpaired) electrons. The van der Waals surface area contributed by atoms with Crippen molar-refractivity contribution in [1.82, 2.24) is 19.7 Å². The van der Waals surface area contributed by atoms with Crippen LogP contribution in [-0.4, -0.2) is 25.5 Å². The molecule has 0 saturated carbocycles. The summed E-state index contributed by atoms with van der Waals surface area (Å²) in [5.41, 5.74) is 0.288. The third-order valence-corrected chi connectivity index (χ3v) is 3.52. The monoisotopic (exact) mass is 278 g/mol. The number of hydrogen-bond donors (Lipinski definition) is 1. The summed E-state index contributed by atoms with van der Waals surface area (Å²) in [5, 5.41) is 7.46. The van der Waals surface area contributed by atoms with E-state index in [9.17, 15) is 9.59 Å². The zero-order valence-electron chi connectivity index (χ0n) is 10.7. The van der Waals surface area contributed by atoms with Crippen LogP contribution in [0, 0.1) is 0 Å². The Kier molecular flexibility index (Phi) is 4.16. The van der Waals surface area contributed by atoms with Gasteiger partial charge in [-0.15, -0.1) is 5.10 Å². The van der Waals surface area contributed by atoms with Crippen LogP contribution in [-0.2, 0) is 6.54 Å². The van der Waals surface area contributed by atoms with Crippen LogP contribution in [0.4, 0.5) is 0 Å². The summed E-state index contributed by atoms with van der Waals surface area (Å²) < 4.78 is 1.54. The molecule has 2 heterocycles. The summed E-state index contributed by atoms with van der Waals surface area (Å²) in [6.45, 7) is 4.06. The maximum atomic E-state index is 11.6. The highest BCUT2D eigenvalue weighted by atomic mass is 32.2. The fourth-order valence-corrected chi connectivity index (χ4v) is 2.61. The van der Waals surface area contributed by atoms with Crippen LogP contribution in [0.5, 0.6) is 0 Å². The van der Waals surface area contributed by atoms with Crippen LogP contribution in [0.1, 0.15) is 30.6 Å². The zero-order valence-corrected chi connectivity index (χ0v) is 11.5. The highest BCUT2D eigenvalue weighted by Gasteiger charge is 2.14. The van der Waals surface area contributed by atoms with Gasteiger partial charge < -0.3 is 0 Å². The van der Waals surface area contributed by atoms with E-state index in [-0.39, 0.29) is 11.5 Å². The molecule has 0 amide bonds. The molecule has 6 nitrogen and oxygen atoms in total. The molecule has 1 N–H and O–H groups in total. The molecule has 2 aromatic rings. The van der Waals surface area contributed by atoms with E-state index in [0.717, 1.165) is 6.42 Å². The van der Waals surface area contributed by atoms with Crippen molar-refractivity contribution in [2.75, 3.05) is 0 Å². The molecule has 100 valence electrons. The van der Waals surface area contributed by atoms with E-state index in [1.165, 1.54) is 18.7 Å². The number of Topliss-reactive ketones (excluding diaryl/α,β-unsaturated/α-hetero) is 1. The van der Waals surface area contributed by atoms with Gasteiger partial charge >= 0.3 is 5.69 Å². The molecule has 0 aliphatic rings. The predicted molar refractivity (Wildman–Crippen MR) is 71.5 cm³/mol. The minimum Gasteiger partial charge on any atom is -0.294 e. The molecule has 19 heavy (non-hydrogen) atoms. The van der Waals surface area contributed by atoms with Gasteiger partial charge in [-0.2, -0.15) is 0 Å². The molecule has 0 fully saturated rings. The van der Waals surface area contributed by atoms with E-state index in [0.29, 0.717) is 22.3 Å². The van der Waals surface area contributed by atoms with E-state index in [1.807, 2.05) is 6.92 Å². The molecule has 0 saturated heterocycles. The number of carbonyl (C=O) groups is 1. The summed E-state index contributed by atoms with van der Waals surface area (Å²) in [5.74, 6) is -0.0597. The van der Waals surface area contributed by atoms with Crippen molar-refractivity contribution in [2.45, 2.75) is 37.0 Å².